The van der Waals surface area contributed by atoms with Crippen LogP contribution >= 0.6 is 0 Å². The molecule has 0 saturated carbocycles. The van der Waals surface area contributed by atoms with Crippen molar-refractivity contribution in [1.82, 2.24) is 19.9 Å². The van der Waals surface area contributed by atoms with Gasteiger partial charge in [-0.05, 0) is 38.3 Å². The van der Waals surface area contributed by atoms with E-state index in [0.29, 0.717) is 6.54 Å². The number of rotatable bonds is 6. The van der Waals surface area contributed by atoms with Gasteiger partial charge in [0, 0.05) is 19.3 Å². The number of hydrogen-bond donors (Lipinski definition) is 1. The van der Waals surface area contributed by atoms with Gasteiger partial charge in [-0.25, -0.2) is 0 Å². The summed E-state index contributed by atoms with van der Waals surface area (Å²) in [4.78, 5) is 2.52. The lowest BCUT2D eigenvalue weighted by Gasteiger charge is -2.18. The second-order valence-electron chi connectivity index (χ2n) is 5.62. The van der Waals surface area contributed by atoms with Crippen LogP contribution in [0.25, 0.3) is 0 Å². The first-order valence-electron chi connectivity index (χ1n) is 7.63. The smallest absolute Gasteiger partial charge is 0.0967 e. The second kappa shape index (κ2) is 7.60. The predicted molar refractivity (Wildman–Crippen MR) is 76.6 cm³/mol. The van der Waals surface area contributed by atoms with Crippen molar-refractivity contribution >= 4 is 0 Å². The number of nitrogens with two attached hydrogens (primary N) is 1. The Morgan fingerprint density at radius 2 is 2.26 bits per heavy atom. The summed E-state index contributed by atoms with van der Waals surface area (Å²) in [6.45, 7) is 7.00. The fourth-order valence-corrected chi connectivity index (χ4v) is 2.96. The Kier molecular flexibility index (Phi) is 5.79. The van der Waals surface area contributed by atoms with Gasteiger partial charge in [0.1, 0.15) is 0 Å². The van der Waals surface area contributed by atoms with Gasteiger partial charge in [-0.2, -0.15) is 0 Å². The predicted octanol–water partition coefficient (Wildman–Crippen LogP) is 1.64. The molecule has 2 N–H and O–H groups in total. The Bertz CT molecular complexity index is 362. The zero-order valence-electron chi connectivity index (χ0n) is 12.1. The van der Waals surface area contributed by atoms with Crippen LogP contribution in [0.5, 0.6) is 0 Å². The molecule has 5 heteroatoms. The van der Waals surface area contributed by atoms with Crippen molar-refractivity contribution < 1.29 is 0 Å². The number of nitrogens with zero attached hydrogens (tertiary/aromatic N) is 4. The second-order valence-corrected chi connectivity index (χ2v) is 5.62. The molecule has 1 aromatic rings. The molecule has 1 aliphatic rings. The summed E-state index contributed by atoms with van der Waals surface area (Å²) in [5, 5.41) is 8.33. The van der Waals surface area contributed by atoms with Crippen molar-refractivity contribution in [3.8, 4) is 0 Å². The topological polar surface area (TPSA) is 60.0 Å². The molecular weight excluding hydrogens is 238 g/mol. The number of aromatic nitrogens is 3. The van der Waals surface area contributed by atoms with E-state index in [9.17, 15) is 0 Å². The van der Waals surface area contributed by atoms with Gasteiger partial charge in [-0.15, -0.1) is 5.10 Å². The summed E-state index contributed by atoms with van der Waals surface area (Å²) in [7, 11) is 0. The van der Waals surface area contributed by atoms with Gasteiger partial charge in [-0.3, -0.25) is 9.58 Å². The van der Waals surface area contributed by atoms with E-state index in [1.807, 2.05) is 10.9 Å². The highest BCUT2D eigenvalue weighted by molar-refractivity contribution is 4.92. The van der Waals surface area contributed by atoms with Crippen LogP contribution in [0.3, 0.4) is 0 Å². The first kappa shape index (κ1) is 14.5. The highest BCUT2D eigenvalue weighted by Crippen LogP contribution is 2.22. The Labute approximate surface area is 116 Å². The van der Waals surface area contributed by atoms with Crippen LogP contribution < -0.4 is 5.73 Å². The fourth-order valence-electron chi connectivity index (χ4n) is 2.96. The molecule has 1 fully saturated rings. The van der Waals surface area contributed by atoms with E-state index in [2.05, 4.69) is 22.1 Å². The molecule has 1 aromatic heterocycles. The van der Waals surface area contributed by atoms with Gasteiger partial charge in [0.2, 0.25) is 0 Å². The normalized spacial score (nSPS) is 21.5. The molecule has 0 amide bonds. The van der Waals surface area contributed by atoms with Crippen LogP contribution in [0.1, 0.15) is 44.7 Å². The van der Waals surface area contributed by atoms with E-state index in [4.69, 9.17) is 5.73 Å². The first-order chi connectivity index (χ1) is 9.31. The zero-order chi connectivity index (χ0) is 13.5. The lowest BCUT2D eigenvalue weighted by atomic mass is 9.96. The lowest BCUT2D eigenvalue weighted by molar-refractivity contribution is 0.268. The molecule has 2 rings (SSSR count). The van der Waals surface area contributed by atoms with Gasteiger partial charge in [0.25, 0.3) is 0 Å². The van der Waals surface area contributed by atoms with Crippen molar-refractivity contribution in [3.63, 3.8) is 0 Å². The third-order valence-corrected chi connectivity index (χ3v) is 3.97. The van der Waals surface area contributed by atoms with Crippen molar-refractivity contribution in [2.75, 3.05) is 19.6 Å². The maximum Gasteiger partial charge on any atom is 0.0967 e. The molecule has 1 atom stereocenters. The molecule has 1 unspecified atom stereocenters. The minimum absolute atomic E-state index is 0.616. The number of hydrogen-bond acceptors (Lipinski definition) is 4. The maximum atomic E-state index is 5.52. The molecule has 0 radical (unpaired) electrons. The molecule has 108 valence electrons. The molecule has 19 heavy (non-hydrogen) atoms. The minimum Gasteiger partial charge on any atom is -0.329 e. The van der Waals surface area contributed by atoms with Crippen LogP contribution in [0.2, 0.25) is 0 Å². The van der Waals surface area contributed by atoms with Gasteiger partial charge in [0.15, 0.2) is 0 Å². The van der Waals surface area contributed by atoms with E-state index < -0.39 is 0 Å². The van der Waals surface area contributed by atoms with E-state index in [1.54, 1.807) is 0 Å². The summed E-state index contributed by atoms with van der Waals surface area (Å²) in [5.74, 6) is 0.933. The highest BCUT2D eigenvalue weighted by Gasteiger charge is 2.17. The van der Waals surface area contributed by atoms with E-state index in [-0.39, 0.29) is 0 Å². The quantitative estimate of drug-likeness (QED) is 0.849. The Morgan fingerprint density at radius 1 is 1.37 bits per heavy atom. The van der Waals surface area contributed by atoms with Gasteiger partial charge in [0.05, 0.1) is 12.2 Å². The summed E-state index contributed by atoms with van der Waals surface area (Å²) in [5.41, 5.74) is 6.59. The molecular formula is C14H27N5. The molecule has 1 aliphatic heterocycles. The monoisotopic (exact) mass is 265 g/mol. The standard InChI is InChI=1S/C14H27N5/c1-2-4-13-5-3-8-18(9-6-13)11-14-12-19(10-7-15)17-16-14/h12-13H,2-11,15H2,1H3. The maximum absolute atomic E-state index is 5.52. The zero-order valence-corrected chi connectivity index (χ0v) is 12.1. The molecule has 1 saturated heterocycles. The molecule has 0 aliphatic carbocycles. The summed E-state index contributed by atoms with van der Waals surface area (Å²) < 4.78 is 1.84. The highest BCUT2D eigenvalue weighted by atomic mass is 15.4. The lowest BCUT2D eigenvalue weighted by Crippen LogP contribution is -2.24. The Hall–Kier alpha value is -0.940. The van der Waals surface area contributed by atoms with Gasteiger partial charge < -0.3 is 5.73 Å². The van der Waals surface area contributed by atoms with Crippen LogP contribution in [0, 0.1) is 5.92 Å². The van der Waals surface area contributed by atoms with Crippen LogP contribution in [0.15, 0.2) is 6.20 Å². The minimum atomic E-state index is 0.616. The molecule has 2 heterocycles. The summed E-state index contributed by atoms with van der Waals surface area (Å²) in [6, 6.07) is 0. The summed E-state index contributed by atoms with van der Waals surface area (Å²) in [6.07, 6.45) is 8.79. The third-order valence-electron chi connectivity index (χ3n) is 3.97. The molecule has 0 spiro atoms. The average Bonchev–Trinajstić information content (AvgIpc) is 2.71. The van der Waals surface area contributed by atoms with E-state index >= 15 is 0 Å². The average molecular weight is 265 g/mol. The van der Waals surface area contributed by atoms with Crippen molar-refractivity contribution in [3.05, 3.63) is 11.9 Å². The Morgan fingerprint density at radius 3 is 3.05 bits per heavy atom. The van der Waals surface area contributed by atoms with Crippen LogP contribution in [0.4, 0.5) is 0 Å². The van der Waals surface area contributed by atoms with Crippen LogP contribution in [-0.4, -0.2) is 39.5 Å². The largest absolute Gasteiger partial charge is 0.329 e. The van der Waals surface area contributed by atoms with Crippen molar-refractivity contribution in [1.29, 1.82) is 0 Å². The first-order valence-corrected chi connectivity index (χ1v) is 7.63. The third kappa shape index (κ3) is 4.58. The van der Waals surface area contributed by atoms with Crippen molar-refractivity contribution in [2.24, 2.45) is 11.7 Å². The van der Waals surface area contributed by atoms with E-state index in [1.165, 1.54) is 45.2 Å². The van der Waals surface area contributed by atoms with E-state index in [0.717, 1.165) is 24.7 Å². The van der Waals surface area contributed by atoms with Gasteiger partial charge >= 0.3 is 0 Å². The van der Waals surface area contributed by atoms with Gasteiger partial charge in [-0.1, -0.05) is 25.0 Å². The number of likely N-dealkylation sites (tertiary alicyclic amines) is 1. The van der Waals surface area contributed by atoms with Crippen LogP contribution in [-0.2, 0) is 13.1 Å². The molecule has 5 nitrogen and oxygen atoms in total. The van der Waals surface area contributed by atoms with Crippen molar-refractivity contribution in [2.45, 2.75) is 52.1 Å². The Balaban J connectivity index is 1.81. The fraction of sp³-hybridized carbons (Fsp3) is 0.857. The molecule has 0 aromatic carbocycles. The summed E-state index contributed by atoms with van der Waals surface area (Å²) >= 11 is 0. The molecule has 0 bridgehead atoms. The SMILES string of the molecule is CCCC1CCCN(Cc2cn(CCN)nn2)CC1.